The van der Waals surface area contributed by atoms with E-state index >= 15 is 0 Å². The maximum atomic E-state index is 11.1. The topological polar surface area (TPSA) is 68.3 Å². The Morgan fingerprint density at radius 2 is 2.44 bits per heavy atom. The first-order valence-electron chi connectivity index (χ1n) is 4.32. The molecule has 1 amide bonds. The van der Waals surface area contributed by atoms with Crippen molar-refractivity contribution in [1.82, 2.24) is 10.3 Å². The fraction of sp³-hybridized carbons (Fsp3) is 0.222. The van der Waals surface area contributed by atoms with Crippen molar-refractivity contribution in [2.75, 3.05) is 6.61 Å². The fourth-order valence-corrected chi connectivity index (χ4v) is 1.84. The van der Waals surface area contributed by atoms with E-state index in [4.69, 9.17) is 4.74 Å². The van der Waals surface area contributed by atoms with E-state index in [9.17, 15) is 9.59 Å². The molecule has 0 saturated heterocycles. The van der Waals surface area contributed by atoms with Crippen LogP contribution in [0, 0.1) is 0 Å². The van der Waals surface area contributed by atoms with E-state index in [1.807, 2.05) is 0 Å². The summed E-state index contributed by atoms with van der Waals surface area (Å²) in [6.07, 6.45) is 0.885. The number of thiol groups is 1. The third-order valence-corrected chi connectivity index (χ3v) is 2.81. The average molecular weight is 258 g/mol. The number of alkyl carbamates (subject to hydrolysis) is 1. The molecule has 86 valence electrons. The summed E-state index contributed by atoms with van der Waals surface area (Å²) >= 11 is 4.88. The summed E-state index contributed by atoms with van der Waals surface area (Å²) in [4.78, 5) is 26.5. The van der Waals surface area contributed by atoms with Gasteiger partial charge in [0.15, 0.2) is 0 Å². The summed E-state index contributed by atoms with van der Waals surface area (Å²) in [5.74, 6) is 0. The molecule has 0 saturated carbocycles. The molecule has 7 heteroatoms. The SMILES string of the molecule is C=CCOC(=O)NCc1ncsc1C(=O)S. The Kier molecular flexibility index (Phi) is 5.00. The van der Waals surface area contributed by atoms with Gasteiger partial charge in [0, 0.05) is 0 Å². The highest BCUT2D eigenvalue weighted by molar-refractivity contribution is 7.97. The van der Waals surface area contributed by atoms with E-state index in [1.165, 1.54) is 22.9 Å². The number of aromatic nitrogens is 1. The van der Waals surface area contributed by atoms with Gasteiger partial charge in [0.2, 0.25) is 5.12 Å². The molecule has 0 fully saturated rings. The lowest BCUT2D eigenvalue weighted by Gasteiger charge is -2.03. The lowest BCUT2D eigenvalue weighted by molar-refractivity contribution is 0.109. The molecule has 5 nitrogen and oxygen atoms in total. The third kappa shape index (κ3) is 3.67. The molecular formula is C9H10N2O3S2. The van der Waals surface area contributed by atoms with Crippen molar-refractivity contribution < 1.29 is 14.3 Å². The molecule has 0 bridgehead atoms. The Morgan fingerprint density at radius 3 is 3.06 bits per heavy atom. The van der Waals surface area contributed by atoms with E-state index < -0.39 is 6.09 Å². The zero-order valence-electron chi connectivity index (χ0n) is 8.30. The molecule has 0 aliphatic carbocycles. The number of nitrogens with zero attached hydrogens (tertiary/aromatic N) is 1. The van der Waals surface area contributed by atoms with Gasteiger partial charge in [0.05, 0.1) is 17.7 Å². The molecule has 0 atom stereocenters. The van der Waals surface area contributed by atoms with Crippen LogP contribution in [0.4, 0.5) is 4.79 Å². The molecular weight excluding hydrogens is 248 g/mol. The summed E-state index contributed by atoms with van der Waals surface area (Å²) in [7, 11) is 0. The van der Waals surface area contributed by atoms with Gasteiger partial charge in [0.1, 0.15) is 11.5 Å². The zero-order chi connectivity index (χ0) is 12.0. The first-order chi connectivity index (χ1) is 7.65. The summed E-state index contributed by atoms with van der Waals surface area (Å²) in [5.41, 5.74) is 2.01. The van der Waals surface area contributed by atoms with Gasteiger partial charge in [-0.05, 0) is 0 Å². The maximum absolute atomic E-state index is 11.1. The molecule has 0 aromatic carbocycles. The first kappa shape index (κ1) is 12.7. The molecule has 1 rings (SSSR count). The van der Waals surface area contributed by atoms with Crippen molar-refractivity contribution in [3.05, 3.63) is 28.7 Å². The molecule has 0 spiro atoms. The monoisotopic (exact) mass is 258 g/mol. The van der Waals surface area contributed by atoms with E-state index in [0.29, 0.717) is 10.6 Å². The van der Waals surface area contributed by atoms with Gasteiger partial charge in [-0.2, -0.15) is 0 Å². The van der Waals surface area contributed by atoms with Gasteiger partial charge in [-0.3, -0.25) is 4.79 Å². The van der Waals surface area contributed by atoms with Crippen LogP contribution in [-0.4, -0.2) is 22.8 Å². The van der Waals surface area contributed by atoms with Crippen LogP contribution in [0.2, 0.25) is 0 Å². The second-order valence-corrected chi connectivity index (χ2v) is 3.93. The predicted molar refractivity (Wildman–Crippen MR) is 63.8 cm³/mol. The van der Waals surface area contributed by atoms with Crippen molar-refractivity contribution in [2.24, 2.45) is 0 Å². The molecule has 0 radical (unpaired) electrons. The minimum Gasteiger partial charge on any atom is -0.445 e. The highest BCUT2D eigenvalue weighted by Gasteiger charge is 2.12. The normalized spacial score (nSPS) is 9.56. The first-order valence-corrected chi connectivity index (χ1v) is 5.65. The Bertz CT molecular complexity index is 403. The fourth-order valence-electron chi connectivity index (χ4n) is 0.911. The standard InChI is InChI=1S/C9H10N2O3S2/c1-2-3-14-9(13)10-4-6-7(8(12)15)16-5-11-6/h2,5H,1,3-4H2,(H,10,13)(H,12,15). The van der Waals surface area contributed by atoms with E-state index in [-0.39, 0.29) is 18.3 Å². The number of carbonyl (C=O) groups is 2. The van der Waals surface area contributed by atoms with Gasteiger partial charge in [0.25, 0.3) is 0 Å². The van der Waals surface area contributed by atoms with Crippen molar-refractivity contribution in [3.63, 3.8) is 0 Å². The quantitative estimate of drug-likeness (QED) is 0.622. The molecule has 16 heavy (non-hydrogen) atoms. The molecule has 0 aliphatic heterocycles. The smallest absolute Gasteiger partial charge is 0.407 e. The molecule has 0 aliphatic rings. The number of rotatable bonds is 5. The molecule has 1 aromatic heterocycles. The number of carbonyl (C=O) groups excluding carboxylic acids is 2. The summed E-state index contributed by atoms with van der Waals surface area (Å²) in [5, 5.41) is 2.10. The number of nitrogens with one attached hydrogen (secondary N) is 1. The molecule has 0 unspecified atom stereocenters. The second kappa shape index (κ2) is 6.29. The van der Waals surface area contributed by atoms with Crippen molar-refractivity contribution in [3.8, 4) is 0 Å². The molecule has 1 aromatic rings. The summed E-state index contributed by atoms with van der Waals surface area (Å²) in [6.45, 7) is 3.69. The largest absolute Gasteiger partial charge is 0.445 e. The van der Waals surface area contributed by atoms with Gasteiger partial charge < -0.3 is 10.1 Å². The number of hydrogen-bond donors (Lipinski definition) is 2. The zero-order valence-corrected chi connectivity index (χ0v) is 10.0. The van der Waals surface area contributed by atoms with Crippen LogP contribution >= 0.6 is 24.0 Å². The lowest BCUT2D eigenvalue weighted by Crippen LogP contribution is -2.24. The third-order valence-electron chi connectivity index (χ3n) is 1.57. The molecule has 1 N–H and O–H groups in total. The van der Waals surface area contributed by atoms with Gasteiger partial charge in [-0.15, -0.1) is 11.3 Å². The van der Waals surface area contributed by atoms with Crippen LogP contribution in [0.1, 0.15) is 15.4 Å². The van der Waals surface area contributed by atoms with Gasteiger partial charge in [-0.25, -0.2) is 9.78 Å². The van der Waals surface area contributed by atoms with Gasteiger partial charge in [-0.1, -0.05) is 25.3 Å². The van der Waals surface area contributed by atoms with Crippen LogP contribution in [0.5, 0.6) is 0 Å². The minimum absolute atomic E-state index is 0.140. The van der Waals surface area contributed by atoms with Crippen molar-refractivity contribution >= 4 is 35.2 Å². The Balaban J connectivity index is 2.48. The highest BCUT2D eigenvalue weighted by Crippen LogP contribution is 2.15. The Hall–Kier alpha value is -1.34. The highest BCUT2D eigenvalue weighted by atomic mass is 32.1. The van der Waals surface area contributed by atoms with E-state index in [2.05, 4.69) is 29.5 Å². The van der Waals surface area contributed by atoms with Crippen molar-refractivity contribution in [2.45, 2.75) is 6.54 Å². The van der Waals surface area contributed by atoms with E-state index in [0.717, 1.165) is 0 Å². The summed E-state index contributed by atoms with van der Waals surface area (Å²) < 4.78 is 4.69. The van der Waals surface area contributed by atoms with E-state index in [1.54, 1.807) is 0 Å². The Morgan fingerprint density at radius 1 is 1.69 bits per heavy atom. The van der Waals surface area contributed by atoms with Crippen LogP contribution in [0.3, 0.4) is 0 Å². The van der Waals surface area contributed by atoms with Gasteiger partial charge >= 0.3 is 6.09 Å². The Labute approximate surface area is 102 Å². The summed E-state index contributed by atoms with van der Waals surface area (Å²) in [6, 6.07) is 0. The van der Waals surface area contributed by atoms with Crippen LogP contribution in [-0.2, 0) is 11.3 Å². The van der Waals surface area contributed by atoms with Crippen LogP contribution < -0.4 is 5.32 Å². The number of thiazole rings is 1. The number of ether oxygens (including phenoxy) is 1. The number of hydrogen-bond acceptors (Lipinski definition) is 5. The van der Waals surface area contributed by atoms with Crippen molar-refractivity contribution in [1.29, 1.82) is 0 Å². The minimum atomic E-state index is -0.578. The van der Waals surface area contributed by atoms with Crippen LogP contribution in [0.15, 0.2) is 18.2 Å². The number of amides is 1. The average Bonchev–Trinajstić information content (AvgIpc) is 2.71. The maximum Gasteiger partial charge on any atom is 0.407 e. The van der Waals surface area contributed by atoms with Crippen LogP contribution in [0.25, 0.3) is 0 Å². The molecule has 1 heterocycles. The lowest BCUT2D eigenvalue weighted by atomic mass is 10.4. The predicted octanol–water partition coefficient (Wildman–Crippen LogP) is 1.63. The second-order valence-electron chi connectivity index (χ2n) is 2.67.